The van der Waals surface area contributed by atoms with Gasteiger partial charge in [-0.25, -0.2) is 0 Å². The molecular formula is C11H16N2O5. The zero-order valence-electron chi connectivity index (χ0n) is 9.85. The summed E-state index contributed by atoms with van der Waals surface area (Å²) in [5, 5.41) is 31.6. The second-order valence-corrected chi connectivity index (χ2v) is 4.37. The lowest BCUT2D eigenvalue weighted by molar-refractivity contribution is -0.119. The largest absolute Gasteiger partial charge is 0.391 e. The van der Waals surface area contributed by atoms with E-state index in [9.17, 15) is 20.1 Å². The van der Waals surface area contributed by atoms with E-state index >= 15 is 0 Å². The summed E-state index contributed by atoms with van der Waals surface area (Å²) in [5.74, 6) is -0.0821. The number of nitrogens with one attached hydrogen (secondary N) is 1. The van der Waals surface area contributed by atoms with Crippen molar-refractivity contribution in [3.63, 3.8) is 0 Å². The molecular weight excluding hydrogens is 240 g/mol. The number of hydrogen-bond acceptors (Lipinski definition) is 6. The van der Waals surface area contributed by atoms with Gasteiger partial charge in [-0.15, -0.1) is 0 Å². The van der Waals surface area contributed by atoms with Crippen LogP contribution in [0.3, 0.4) is 0 Å². The van der Waals surface area contributed by atoms with Gasteiger partial charge in [-0.3, -0.25) is 4.79 Å². The molecule has 2 rings (SSSR count). The van der Waals surface area contributed by atoms with Gasteiger partial charge >= 0.3 is 0 Å². The van der Waals surface area contributed by atoms with Gasteiger partial charge in [-0.1, -0.05) is 6.58 Å². The van der Waals surface area contributed by atoms with Crippen LogP contribution in [0.2, 0.25) is 0 Å². The van der Waals surface area contributed by atoms with Crippen molar-refractivity contribution in [1.82, 2.24) is 10.2 Å². The van der Waals surface area contributed by atoms with Crippen LogP contribution in [-0.2, 0) is 9.53 Å². The van der Waals surface area contributed by atoms with E-state index in [2.05, 4.69) is 11.9 Å². The van der Waals surface area contributed by atoms with Crippen LogP contribution >= 0.6 is 0 Å². The van der Waals surface area contributed by atoms with Gasteiger partial charge in [0.25, 0.3) is 5.91 Å². The Labute approximate surface area is 104 Å². The molecule has 2 heterocycles. The Kier molecular flexibility index (Phi) is 3.40. The van der Waals surface area contributed by atoms with Gasteiger partial charge < -0.3 is 30.3 Å². The van der Waals surface area contributed by atoms with Gasteiger partial charge in [0, 0.05) is 12.3 Å². The van der Waals surface area contributed by atoms with E-state index in [0.29, 0.717) is 0 Å². The number of hydrogen-bond donors (Lipinski definition) is 4. The highest BCUT2D eigenvalue weighted by Gasteiger charge is 2.47. The maximum atomic E-state index is 11.1. The summed E-state index contributed by atoms with van der Waals surface area (Å²) < 4.78 is 5.41. The fraction of sp³-hybridized carbons (Fsp3) is 0.545. The number of rotatable bonds is 2. The Hall–Kier alpha value is -1.41. The molecule has 1 amide bonds. The lowest BCUT2D eigenvalue weighted by Gasteiger charge is -2.32. The minimum Gasteiger partial charge on any atom is -0.391 e. The molecule has 100 valence electrons. The summed E-state index contributed by atoms with van der Waals surface area (Å²) in [7, 11) is 0. The third-order valence-corrected chi connectivity index (χ3v) is 2.99. The number of nitrogens with zero attached hydrogens (tertiary/aromatic N) is 1. The van der Waals surface area contributed by atoms with Gasteiger partial charge in [0.15, 0.2) is 6.23 Å². The highest BCUT2D eigenvalue weighted by atomic mass is 16.6. The second-order valence-electron chi connectivity index (χ2n) is 4.37. The molecule has 1 saturated heterocycles. The van der Waals surface area contributed by atoms with E-state index in [4.69, 9.17) is 4.74 Å². The van der Waals surface area contributed by atoms with Gasteiger partial charge in [0.2, 0.25) is 0 Å². The zero-order valence-corrected chi connectivity index (χ0v) is 9.85. The van der Waals surface area contributed by atoms with Gasteiger partial charge in [0.1, 0.15) is 24.1 Å². The number of aliphatic hydroxyl groups is 3. The topological polar surface area (TPSA) is 102 Å². The van der Waals surface area contributed by atoms with E-state index in [0.717, 1.165) is 0 Å². The van der Waals surface area contributed by atoms with Crippen molar-refractivity contribution in [3.8, 4) is 0 Å². The molecule has 0 aliphatic carbocycles. The molecule has 0 radical (unpaired) electrons. The molecule has 0 aromatic rings. The molecule has 0 aromatic heterocycles. The van der Waals surface area contributed by atoms with Crippen LogP contribution in [0.5, 0.6) is 0 Å². The summed E-state index contributed by atoms with van der Waals surface area (Å²) >= 11 is 0. The number of carbonyl (C=O) groups excluding carboxylic acids is 1. The summed E-state index contributed by atoms with van der Waals surface area (Å²) in [6.45, 7) is 5.09. The summed E-state index contributed by atoms with van der Waals surface area (Å²) in [6, 6.07) is 0. The SMILES string of the molecule is C=C1NC(=O)C=CN1[C@@H]1O[C@H](C(C)O)C(O)[C@@H]1O. The Morgan fingerprint density at radius 3 is 2.67 bits per heavy atom. The molecule has 2 aliphatic rings. The van der Waals surface area contributed by atoms with Crippen molar-refractivity contribution < 1.29 is 24.9 Å². The molecule has 1 fully saturated rings. The van der Waals surface area contributed by atoms with Gasteiger partial charge in [-0.05, 0) is 6.92 Å². The lowest BCUT2D eigenvalue weighted by atomic mass is 10.1. The zero-order chi connectivity index (χ0) is 13.4. The van der Waals surface area contributed by atoms with E-state index in [-0.39, 0.29) is 11.7 Å². The Morgan fingerprint density at radius 1 is 1.50 bits per heavy atom. The molecule has 0 spiro atoms. The number of amides is 1. The molecule has 0 saturated carbocycles. The molecule has 7 heteroatoms. The predicted molar refractivity (Wildman–Crippen MR) is 60.6 cm³/mol. The first-order valence-corrected chi connectivity index (χ1v) is 5.58. The van der Waals surface area contributed by atoms with E-state index in [1.54, 1.807) is 0 Å². The number of ether oxygens (including phenoxy) is 1. The molecule has 5 atom stereocenters. The Balaban J connectivity index is 2.17. The Morgan fingerprint density at radius 2 is 2.17 bits per heavy atom. The maximum Gasteiger partial charge on any atom is 0.250 e. The van der Waals surface area contributed by atoms with Crippen molar-refractivity contribution in [2.75, 3.05) is 0 Å². The average Bonchev–Trinajstić information content (AvgIpc) is 2.57. The third kappa shape index (κ3) is 2.13. The smallest absolute Gasteiger partial charge is 0.250 e. The summed E-state index contributed by atoms with van der Waals surface area (Å²) in [6.07, 6.45) is -2.45. The van der Waals surface area contributed by atoms with Crippen molar-refractivity contribution in [3.05, 3.63) is 24.7 Å². The molecule has 0 aromatic carbocycles. The van der Waals surface area contributed by atoms with Crippen LogP contribution in [0.4, 0.5) is 0 Å². The monoisotopic (exact) mass is 256 g/mol. The molecule has 7 nitrogen and oxygen atoms in total. The lowest BCUT2D eigenvalue weighted by Crippen LogP contribution is -2.46. The fourth-order valence-electron chi connectivity index (χ4n) is 2.04. The summed E-state index contributed by atoms with van der Waals surface area (Å²) in [5.41, 5.74) is 0. The number of carbonyl (C=O) groups is 1. The maximum absolute atomic E-state index is 11.1. The molecule has 18 heavy (non-hydrogen) atoms. The van der Waals surface area contributed by atoms with E-state index in [1.807, 2.05) is 0 Å². The first-order valence-electron chi connectivity index (χ1n) is 5.58. The molecule has 4 N–H and O–H groups in total. The second kappa shape index (κ2) is 4.69. The highest BCUT2D eigenvalue weighted by molar-refractivity contribution is 5.89. The predicted octanol–water partition coefficient (Wildman–Crippen LogP) is -1.77. The minimum atomic E-state index is -1.21. The van der Waals surface area contributed by atoms with Crippen LogP contribution < -0.4 is 5.32 Å². The van der Waals surface area contributed by atoms with Crippen LogP contribution in [0.15, 0.2) is 24.7 Å². The van der Waals surface area contributed by atoms with Crippen molar-refractivity contribution >= 4 is 5.91 Å². The van der Waals surface area contributed by atoms with Crippen LogP contribution in [0, 0.1) is 0 Å². The summed E-state index contributed by atoms with van der Waals surface area (Å²) in [4.78, 5) is 12.5. The van der Waals surface area contributed by atoms with Crippen LogP contribution in [-0.4, -0.2) is 56.8 Å². The first-order chi connectivity index (χ1) is 8.41. The Bertz CT molecular complexity index is 395. The first kappa shape index (κ1) is 13.0. The standard InChI is InChI=1S/C11H16N2O5/c1-5(14)10-8(16)9(17)11(18-10)13-4-3-7(15)12-6(13)2/h3-5,8-11,14,16-17H,2H2,1H3,(H,12,15)/t5?,8?,9-,10+,11+/m0/s1. The minimum absolute atomic E-state index is 0.241. The quantitative estimate of drug-likeness (QED) is 0.466. The molecule has 0 bridgehead atoms. The van der Waals surface area contributed by atoms with E-state index in [1.165, 1.54) is 24.1 Å². The van der Waals surface area contributed by atoms with Crippen molar-refractivity contribution in [2.45, 2.75) is 37.6 Å². The number of aliphatic hydroxyl groups excluding tert-OH is 3. The average molecular weight is 256 g/mol. The van der Waals surface area contributed by atoms with Crippen molar-refractivity contribution in [2.24, 2.45) is 0 Å². The molecule has 2 unspecified atom stereocenters. The van der Waals surface area contributed by atoms with Crippen LogP contribution in [0.25, 0.3) is 0 Å². The molecule has 2 aliphatic heterocycles. The third-order valence-electron chi connectivity index (χ3n) is 2.99. The van der Waals surface area contributed by atoms with E-state index < -0.39 is 30.6 Å². The normalized spacial score (nSPS) is 37.9. The van der Waals surface area contributed by atoms with Gasteiger partial charge in [0.05, 0.1) is 6.10 Å². The van der Waals surface area contributed by atoms with Crippen molar-refractivity contribution in [1.29, 1.82) is 0 Å². The van der Waals surface area contributed by atoms with Gasteiger partial charge in [-0.2, -0.15) is 0 Å². The van der Waals surface area contributed by atoms with Crippen LogP contribution in [0.1, 0.15) is 6.92 Å². The highest BCUT2D eigenvalue weighted by Crippen LogP contribution is 2.28. The fourth-order valence-corrected chi connectivity index (χ4v) is 2.04.